The van der Waals surface area contributed by atoms with Crippen LogP contribution in [0.5, 0.6) is 11.5 Å². The molecule has 0 aliphatic carbocycles. The number of hydrogen-bond acceptors (Lipinski definition) is 4. The Morgan fingerprint density at radius 2 is 2.06 bits per heavy atom. The highest BCUT2D eigenvalue weighted by atomic mass is 79.9. The molecule has 0 bridgehead atoms. The summed E-state index contributed by atoms with van der Waals surface area (Å²) in [6.45, 7) is -1.35. The summed E-state index contributed by atoms with van der Waals surface area (Å²) in [6, 6.07) is 0.777. The van der Waals surface area contributed by atoms with Crippen molar-refractivity contribution in [2.75, 3.05) is 13.7 Å². The molecule has 1 rings (SSSR count). The van der Waals surface area contributed by atoms with Gasteiger partial charge in [-0.15, -0.1) is 12.4 Å². The molecule has 1 atom stereocenters. The van der Waals surface area contributed by atoms with Crippen LogP contribution in [0.15, 0.2) is 16.6 Å². The number of aliphatic hydroxyl groups is 1. The smallest absolute Gasteiger partial charge is 0.289 e. The van der Waals surface area contributed by atoms with Crippen molar-refractivity contribution >= 4 is 28.3 Å². The third kappa shape index (κ3) is 3.44. The second-order valence-corrected chi connectivity index (χ2v) is 4.30. The minimum atomic E-state index is -3.44. The van der Waals surface area contributed by atoms with Gasteiger partial charge in [0.05, 0.1) is 17.6 Å². The molecule has 0 fully saturated rings. The number of rotatable bonds is 4. The van der Waals surface area contributed by atoms with Crippen molar-refractivity contribution in [1.29, 1.82) is 0 Å². The monoisotopic (exact) mass is 347 g/mol. The fourth-order valence-corrected chi connectivity index (χ4v) is 1.73. The fourth-order valence-electron chi connectivity index (χ4n) is 1.27. The van der Waals surface area contributed by atoms with Gasteiger partial charge >= 0.3 is 0 Å². The van der Waals surface area contributed by atoms with Gasteiger partial charge in [-0.25, -0.2) is 8.78 Å². The summed E-state index contributed by atoms with van der Waals surface area (Å²) in [5.74, 6) is -3.61. The van der Waals surface area contributed by atoms with Crippen LogP contribution in [0.3, 0.4) is 0 Å². The predicted molar refractivity (Wildman–Crippen MR) is 68.6 cm³/mol. The fraction of sp³-hybridized carbons (Fsp3) is 0.400. The molecular formula is C10H13BrClF2NO3. The average molecular weight is 349 g/mol. The van der Waals surface area contributed by atoms with Crippen LogP contribution < -0.4 is 10.5 Å². The lowest BCUT2D eigenvalue weighted by molar-refractivity contribution is -0.0712. The lowest BCUT2D eigenvalue weighted by Crippen LogP contribution is -2.36. The maximum Gasteiger partial charge on any atom is 0.289 e. The molecular weight excluding hydrogens is 335 g/mol. The standard InChI is InChI=1S/C10H12BrF2NO3.ClH/c1-17-7-3-5(2-6(11)8(7)16)9(14)10(12,13)4-15;/h2-3,9,15-16H,4,14H2,1H3;1H/t9-;/m0./s1. The summed E-state index contributed by atoms with van der Waals surface area (Å²) >= 11 is 3.00. The molecule has 18 heavy (non-hydrogen) atoms. The van der Waals surface area contributed by atoms with Gasteiger partial charge in [-0.05, 0) is 33.6 Å². The van der Waals surface area contributed by atoms with Crippen LogP contribution in [0.4, 0.5) is 8.78 Å². The highest BCUT2D eigenvalue weighted by molar-refractivity contribution is 9.10. The molecule has 0 radical (unpaired) electrons. The highest BCUT2D eigenvalue weighted by Crippen LogP contribution is 2.39. The molecule has 0 saturated heterocycles. The van der Waals surface area contributed by atoms with E-state index in [4.69, 9.17) is 15.6 Å². The number of hydrogen-bond donors (Lipinski definition) is 3. The summed E-state index contributed by atoms with van der Waals surface area (Å²) in [4.78, 5) is 0. The Morgan fingerprint density at radius 1 is 1.50 bits per heavy atom. The maximum atomic E-state index is 13.2. The van der Waals surface area contributed by atoms with Gasteiger partial charge in [0, 0.05) is 0 Å². The molecule has 0 aromatic heterocycles. The molecule has 0 spiro atoms. The van der Waals surface area contributed by atoms with Crippen molar-refractivity contribution in [3.05, 3.63) is 22.2 Å². The summed E-state index contributed by atoms with van der Waals surface area (Å²) in [5.41, 5.74) is 5.40. The van der Waals surface area contributed by atoms with E-state index in [9.17, 15) is 13.9 Å². The topological polar surface area (TPSA) is 75.7 Å². The van der Waals surface area contributed by atoms with Crippen LogP contribution >= 0.6 is 28.3 Å². The summed E-state index contributed by atoms with van der Waals surface area (Å²) < 4.78 is 31.4. The summed E-state index contributed by atoms with van der Waals surface area (Å²) in [7, 11) is 1.29. The van der Waals surface area contributed by atoms with Gasteiger partial charge in [0.2, 0.25) is 0 Å². The number of alkyl halides is 2. The lowest BCUT2D eigenvalue weighted by atomic mass is 10.0. The minimum absolute atomic E-state index is 0. The Bertz CT molecular complexity index is 420. The van der Waals surface area contributed by atoms with E-state index in [2.05, 4.69) is 15.9 Å². The molecule has 0 aliphatic rings. The van der Waals surface area contributed by atoms with Crippen molar-refractivity contribution < 1.29 is 23.7 Å². The number of ether oxygens (including phenoxy) is 1. The number of benzene rings is 1. The number of methoxy groups -OCH3 is 1. The Hall–Kier alpha value is -0.630. The zero-order chi connectivity index (χ0) is 13.2. The minimum Gasteiger partial charge on any atom is -0.503 e. The molecule has 0 unspecified atom stereocenters. The Morgan fingerprint density at radius 3 is 2.50 bits per heavy atom. The van der Waals surface area contributed by atoms with Gasteiger partial charge in [-0.1, -0.05) is 0 Å². The van der Waals surface area contributed by atoms with Crippen LogP contribution in [-0.4, -0.2) is 29.9 Å². The van der Waals surface area contributed by atoms with Crippen molar-refractivity contribution in [2.24, 2.45) is 5.73 Å². The highest BCUT2D eigenvalue weighted by Gasteiger charge is 2.37. The van der Waals surface area contributed by atoms with Crippen molar-refractivity contribution in [3.63, 3.8) is 0 Å². The van der Waals surface area contributed by atoms with E-state index in [1.165, 1.54) is 19.2 Å². The Labute approximate surface area is 117 Å². The third-order valence-electron chi connectivity index (χ3n) is 2.30. The molecule has 0 amide bonds. The lowest BCUT2D eigenvalue weighted by Gasteiger charge is -2.22. The largest absolute Gasteiger partial charge is 0.503 e. The van der Waals surface area contributed by atoms with Crippen LogP contribution in [0.25, 0.3) is 0 Å². The van der Waals surface area contributed by atoms with Gasteiger partial charge in [0.1, 0.15) is 6.61 Å². The van der Waals surface area contributed by atoms with E-state index < -0.39 is 18.6 Å². The zero-order valence-electron chi connectivity index (χ0n) is 9.36. The van der Waals surface area contributed by atoms with Crippen molar-refractivity contribution in [1.82, 2.24) is 0 Å². The number of aliphatic hydroxyl groups excluding tert-OH is 1. The first kappa shape index (κ1) is 17.4. The molecule has 104 valence electrons. The third-order valence-corrected chi connectivity index (χ3v) is 2.90. The zero-order valence-corrected chi connectivity index (χ0v) is 11.8. The van der Waals surface area contributed by atoms with Gasteiger partial charge in [0.25, 0.3) is 5.92 Å². The maximum absolute atomic E-state index is 13.2. The van der Waals surface area contributed by atoms with Gasteiger partial charge in [-0.3, -0.25) is 0 Å². The first-order chi connectivity index (χ1) is 7.83. The van der Waals surface area contributed by atoms with E-state index in [0.29, 0.717) is 0 Å². The van der Waals surface area contributed by atoms with Gasteiger partial charge in [0.15, 0.2) is 11.5 Å². The Kier molecular flexibility index (Phi) is 6.28. The molecule has 4 N–H and O–H groups in total. The van der Waals surface area contributed by atoms with E-state index in [0.717, 1.165) is 0 Å². The molecule has 0 heterocycles. The number of aromatic hydroxyl groups is 1. The number of halogens is 4. The van der Waals surface area contributed by atoms with Crippen LogP contribution in [0, 0.1) is 0 Å². The van der Waals surface area contributed by atoms with E-state index in [-0.39, 0.29) is 33.9 Å². The number of phenols is 1. The first-order valence-electron chi connectivity index (χ1n) is 4.64. The van der Waals surface area contributed by atoms with Crippen LogP contribution in [-0.2, 0) is 0 Å². The molecule has 4 nitrogen and oxygen atoms in total. The second-order valence-electron chi connectivity index (χ2n) is 3.45. The molecule has 0 saturated carbocycles. The van der Waals surface area contributed by atoms with Crippen LogP contribution in [0.1, 0.15) is 11.6 Å². The second kappa shape index (κ2) is 6.51. The molecule has 1 aromatic carbocycles. The normalized spacial score (nSPS) is 12.8. The average Bonchev–Trinajstić information content (AvgIpc) is 2.31. The number of phenolic OH excluding ortho intramolecular Hbond substituents is 1. The summed E-state index contributed by atoms with van der Waals surface area (Å²) in [6.07, 6.45) is 0. The SMILES string of the molecule is COc1cc([C@H](N)C(F)(F)CO)cc(Br)c1O.Cl. The quantitative estimate of drug-likeness (QED) is 0.780. The van der Waals surface area contributed by atoms with E-state index >= 15 is 0 Å². The number of nitrogens with two attached hydrogens (primary N) is 1. The molecule has 1 aromatic rings. The van der Waals surface area contributed by atoms with Gasteiger partial charge < -0.3 is 20.7 Å². The molecule has 0 aliphatic heterocycles. The van der Waals surface area contributed by atoms with Crippen molar-refractivity contribution in [2.45, 2.75) is 12.0 Å². The van der Waals surface area contributed by atoms with E-state index in [1.54, 1.807) is 0 Å². The van der Waals surface area contributed by atoms with Crippen LogP contribution in [0.2, 0.25) is 0 Å². The Balaban J connectivity index is 0.00000289. The van der Waals surface area contributed by atoms with Crippen molar-refractivity contribution in [3.8, 4) is 11.5 Å². The van der Waals surface area contributed by atoms with E-state index in [1.807, 2.05) is 0 Å². The predicted octanol–water partition coefficient (Wildman–Crippen LogP) is 2.21. The molecule has 8 heteroatoms. The van der Waals surface area contributed by atoms with Gasteiger partial charge in [-0.2, -0.15) is 0 Å². The first-order valence-corrected chi connectivity index (χ1v) is 5.43. The summed E-state index contributed by atoms with van der Waals surface area (Å²) in [5, 5.41) is 18.1.